The summed E-state index contributed by atoms with van der Waals surface area (Å²) in [6, 6.07) is 0. The van der Waals surface area contributed by atoms with Gasteiger partial charge < -0.3 is 14.6 Å². The Morgan fingerprint density at radius 2 is 2.33 bits per heavy atom. The number of hydrogen-bond donors (Lipinski definition) is 1. The van der Waals surface area contributed by atoms with Crippen molar-refractivity contribution >= 4 is 5.97 Å². The first-order chi connectivity index (χ1) is 7.22. The molecule has 0 aromatic carbocycles. The molecule has 15 heavy (non-hydrogen) atoms. The number of carbonyl (C=O) groups excluding carboxylic acids is 1. The van der Waals surface area contributed by atoms with Crippen LogP contribution >= 0.6 is 0 Å². The molecule has 0 fully saturated rings. The topological polar surface area (TPSA) is 77.2 Å². The number of aryl methyl sites for hydroxylation is 1. The maximum absolute atomic E-state index is 10.7. The highest BCUT2D eigenvalue weighted by molar-refractivity contribution is 5.69. The molecule has 0 amide bonds. The monoisotopic (exact) mass is 213 g/mol. The van der Waals surface area contributed by atoms with Gasteiger partial charge in [-0.2, -0.15) is 4.98 Å². The average Bonchev–Trinajstić information content (AvgIpc) is 2.63. The maximum Gasteiger partial charge on any atom is 0.306 e. The highest BCUT2D eigenvalue weighted by Gasteiger charge is 2.02. The molecule has 0 aliphatic carbocycles. The first-order valence-electron chi connectivity index (χ1n) is 4.79. The minimum atomic E-state index is -0.210. The van der Waals surface area contributed by atoms with E-state index in [-0.39, 0.29) is 5.97 Å². The van der Waals surface area contributed by atoms with Crippen LogP contribution in [0.2, 0.25) is 0 Å². The van der Waals surface area contributed by atoms with E-state index < -0.39 is 0 Å². The molecule has 0 saturated carbocycles. The van der Waals surface area contributed by atoms with Crippen molar-refractivity contribution in [3.05, 3.63) is 11.7 Å². The maximum atomic E-state index is 10.7. The Hall–Kier alpha value is -1.43. The molecule has 6 nitrogen and oxygen atoms in total. The molecule has 1 heterocycles. The van der Waals surface area contributed by atoms with Crippen LogP contribution in [0.3, 0.4) is 0 Å². The van der Waals surface area contributed by atoms with E-state index in [2.05, 4.69) is 20.2 Å². The third-order valence-corrected chi connectivity index (χ3v) is 1.83. The van der Waals surface area contributed by atoms with Gasteiger partial charge in [-0.3, -0.25) is 4.79 Å². The summed E-state index contributed by atoms with van der Waals surface area (Å²) in [4.78, 5) is 14.8. The molecular weight excluding hydrogens is 198 g/mol. The Kier molecular flexibility index (Phi) is 4.76. The van der Waals surface area contributed by atoms with Crippen molar-refractivity contribution in [1.29, 1.82) is 0 Å². The van der Waals surface area contributed by atoms with E-state index in [1.54, 1.807) is 6.92 Å². The summed E-state index contributed by atoms with van der Waals surface area (Å²) >= 11 is 0. The first-order valence-corrected chi connectivity index (χ1v) is 4.79. The van der Waals surface area contributed by atoms with Crippen LogP contribution < -0.4 is 5.32 Å². The molecule has 0 aliphatic rings. The molecule has 0 aliphatic heterocycles. The number of rotatable bonds is 6. The Morgan fingerprint density at radius 3 is 2.93 bits per heavy atom. The van der Waals surface area contributed by atoms with Crippen molar-refractivity contribution in [2.45, 2.75) is 19.8 Å². The molecule has 0 radical (unpaired) electrons. The Balaban J connectivity index is 2.05. The number of nitrogens with zero attached hydrogens (tertiary/aromatic N) is 2. The molecule has 1 aromatic rings. The van der Waals surface area contributed by atoms with Gasteiger partial charge in [0.1, 0.15) is 0 Å². The zero-order chi connectivity index (χ0) is 11.1. The van der Waals surface area contributed by atoms with E-state index >= 15 is 0 Å². The molecule has 0 atom stereocenters. The summed E-state index contributed by atoms with van der Waals surface area (Å²) in [5.41, 5.74) is 0. The number of nitrogens with one attached hydrogen (secondary N) is 1. The van der Waals surface area contributed by atoms with Crippen molar-refractivity contribution < 1.29 is 14.1 Å². The fourth-order valence-electron chi connectivity index (χ4n) is 1.06. The largest absolute Gasteiger partial charge is 0.469 e. The molecule has 0 saturated heterocycles. The molecule has 0 unspecified atom stereocenters. The van der Waals surface area contributed by atoms with E-state index in [9.17, 15) is 4.79 Å². The lowest BCUT2D eigenvalue weighted by atomic mass is 10.4. The van der Waals surface area contributed by atoms with E-state index in [4.69, 9.17) is 4.52 Å². The van der Waals surface area contributed by atoms with Gasteiger partial charge in [-0.1, -0.05) is 5.16 Å². The number of ether oxygens (including phenoxy) is 1. The van der Waals surface area contributed by atoms with Crippen LogP contribution in [0.5, 0.6) is 0 Å². The molecule has 1 rings (SSSR count). The van der Waals surface area contributed by atoms with Crippen LogP contribution in [0.4, 0.5) is 0 Å². The minimum absolute atomic E-state index is 0.210. The standard InChI is InChI=1S/C9H15N3O3/c1-7-11-8(12-15-7)3-5-10-6-4-9(13)14-2/h10H,3-6H2,1-2H3. The normalized spacial score (nSPS) is 10.3. The molecule has 0 spiro atoms. The van der Waals surface area contributed by atoms with Crippen molar-refractivity contribution in [2.24, 2.45) is 0 Å². The van der Waals surface area contributed by atoms with Crippen LogP contribution in [-0.4, -0.2) is 36.3 Å². The van der Waals surface area contributed by atoms with Gasteiger partial charge in [0.2, 0.25) is 5.89 Å². The predicted molar refractivity (Wildman–Crippen MR) is 52.2 cm³/mol. The quantitative estimate of drug-likeness (QED) is 0.532. The van der Waals surface area contributed by atoms with Gasteiger partial charge in [-0.25, -0.2) is 0 Å². The average molecular weight is 213 g/mol. The summed E-state index contributed by atoms with van der Waals surface area (Å²) in [7, 11) is 1.38. The van der Waals surface area contributed by atoms with E-state index in [1.165, 1.54) is 7.11 Å². The molecule has 0 bridgehead atoms. The summed E-state index contributed by atoms with van der Waals surface area (Å²) in [6.07, 6.45) is 1.07. The lowest BCUT2D eigenvalue weighted by Crippen LogP contribution is -2.21. The van der Waals surface area contributed by atoms with E-state index in [0.29, 0.717) is 31.1 Å². The van der Waals surface area contributed by atoms with Gasteiger partial charge in [-0.15, -0.1) is 0 Å². The summed E-state index contributed by atoms with van der Waals surface area (Å²) in [6.45, 7) is 3.07. The van der Waals surface area contributed by atoms with Crippen molar-refractivity contribution in [1.82, 2.24) is 15.5 Å². The highest BCUT2D eigenvalue weighted by Crippen LogP contribution is 1.94. The number of esters is 1. The third kappa shape index (κ3) is 4.55. The Bertz CT molecular complexity index is 311. The van der Waals surface area contributed by atoms with Crippen LogP contribution in [-0.2, 0) is 16.0 Å². The number of carbonyl (C=O) groups is 1. The second-order valence-electron chi connectivity index (χ2n) is 3.06. The molecule has 6 heteroatoms. The second-order valence-corrected chi connectivity index (χ2v) is 3.06. The first kappa shape index (κ1) is 11.6. The van der Waals surface area contributed by atoms with Crippen LogP contribution in [0.15, 0.2) is 4.52 Å². The third-order valence-electron chi connectivity index (χ3n) is 1.83. The van der Waals surface area contributed by atoms with E-state index in [1.807, 2.05) is 0 Å². The lowest BCUT2D eigenvalue weighted by Gasteiger charge is -2.01. The fourth-order valence-corrected chi connectivity index (χ4v) is 1.06. The number of aromatic nitrogens is 2. The van der Waals surface area contributed by atoms with Crippen LogP contribution in [0.1, 0.15) is 18.1 Å². The van der Waals surface area contributed by atoms with Crippen molar-refractivity contribution in [2.75, 3.05) is 20.2 Å². The zero-order valence-corrected chi connectivity index (χ0v) is 8.95. The smallest absolute Gasteiger partial charge is 0.306 e. The molecule has 1 N–H and O–H groups in total. The summed E-state index contributed by atoms with van der Waals surface area (Å²) < 4.78 is 9.31. The number of methoxy groups -OCH3 is 1. The molecular formula is C9H15N3O3. The lowest BCUT2D eigenvalue weighted by molar-refractivity contribution is -0.140. The number of hydrogen-bond acceptors (Lipinski definition) is 6. The Morgan fingerprint density at radius 1 is 1.53 bits per heavy atom. The summed E-state index contributed by atoms with van der Waals surface area (Å²) in [5, 5.41) is 6.83. The van der Waals surface area contributed by atoms with Gasteiger partial charge in [0.05, 0.1) is 13.5 Å². The predicted octanol–water partition coefficient (Wildman–Crippen LogP) is 0.0732. The second kappa shape index (κ2) is 6.13. The van der Waals surface area contributed by atoms with Gasteiger partial charge in [0, 0.05) is 26.4 Å². The van der Waals surface area contributed by atoms with Crippen molar-refractivity contribution in [3.63, 3.8) is 0 Å². The summed E-state index contributed by atoms with van der Waals surface area (Å²) in [5.74, 6) is 1.04. The van der Waals surface area contributed by atoms with E-state index in [0.717, 1.165) is 6.54 Å². The minimum Gasteiger partial charge on any atom is -0.469 e. The van der Waals surface area contributed by atoms with Crippen LogP contribution in [0.25, 0.3) is 0 Å². The van der Waals surface area contributed by atoms with Gasteiger partial charge in [0.15, 0.2) is 5.82 Å². The SMILES string of the molecule is COC(=O)CCNCCc1noc(C)n1. The molecule has 84 valence electrons. The van der Waals surface area contributed by atoms with Gasteiger partial charge in [-0.05, 0) is 0 Å². The zero-order valence-electron chi connectivity index (χ0n) is 8.95. The Labute approximate surface area is 88.0 Å². The highest BCUT2D eigenvalue weighted by atomic mass is 16.5. The van der Waals surface area contributed by atoms with Crippen molar-refractivity contribution in [3.8, 4) is 0 Å². The van der Waals surface area contributed by atoms with Crippen LogP contribution in [0, 0.1) is 6.92 Å². The molecule has 1 aromatic heterocycles. The van der Waals surface area contributed by atoms with Gasteiger partial charge >= 0.3 is 5.97 Å². The van der Waals surface area contributed by atoms with Gasteiger partial charge in [0.25, 0.3) is 0 Å². The fraction of sp³-hybridized carbons (Fsp3) is 0.667.